The lowest BCUT2D eigenvalue weighted by Gasteiger charge is -2.23. The number of benzene rings is 2. The standard InChI is InChI=1S/C20H21N3O5S/c1-2-14-6-8-16(9-7-14)22-19-13-29(27,28)12-18(19)21(20(22)24)11-15-4-3-5-17(10-15)23(25)26/h3-10,18-19H,2,11-13H2,1H3/t18-,19-/m0/s1. The summed E-state index contributed by atoms with van der Waals surface area (Å²) >= 11 is 0. The molecule has 2 amide bonds. The summed E-state index contributed by atoms with van der Waals surface area (Å²) in [5.41, 5.74) is 2.33. The predicted molar refractivity (Wildman–Crippen MR) is 109 cm³/mol. The molecule has 0 spiro atoms. The third kappa shape index (κ3) is 3.57. The summed E-state index contributed by atoms with van der Waals surface area (Å²) in [6.45, 7) is 2.16. The number of nitrogens with zero attached hydrogens (tertiary/aromatic N) is 3. The summed E-state index contributed by atoms with van der Waals surface area (Å²) in [6, 6.07) is 12.4. The van der Waals surface area contributed by atoms with Crippen molar-refractivity contribution in [3.05, 3.63) is 69.8 Å². The molecular weight excluding hydrogens is 394 g/mol. The van der Waals surface area contributed by atoms with Crippen molar-refractivity contribution < 1.29 is 18.1 Å². The summed E-state index contributed by atoms with van der Waals surface area (Å²) in [5, 5.41) is 11.0. The number of fused-ring (bicyclic) bond motifs is 1. The van der Waals surface area contributed by atoms with Gasteiger partial charge in [-0.2, -0.15) is 0 Å². The Labute approximate surface area is 168 Å². The molecule has 0 N–H and O–H groups in total. The van der Waals surface area contributed by atoms with Crippen LogP contribution in [0.4, 0.5) is 16.2 Å². The van der Waals surface area contributed by atoms with Crippen molar-refractivity contribution >= 4 is 27.2 Å². The van der Waals surface area contributed by atoms with Gasteiger partial charge >= 0.3 is 6.03 Å². The number of rotatable bonds is 5. The van der Waals surface area contributed by atoms with Gasteiger partial charge in [-0.3, -0.25) is 15.0 Å². The molecule has 0 saturated carbocycles. The Kier molecular flexibility index (Phi) is 4.77. The van der Waals surface area contributed by atoms with Crippen molar-refractivity contribution in [1.29, 1.82) is 0 Å². The van der Waals surface area contributed by atoms with E-state index in [2.05, 4.69) is 0 Å². The number of anilines is 1. The van der Waals surface area contributed by atoms with E-state index in [1.807, 2.05) is 31.2 Å². The van der Waals surface area contributed by atoms with Gasteiger partial charge in [0.25, 0.3) is 5.69 Å². The number of nitro benzene ring substituents is 1. The molecule has 152 valence electrons. The van der Waals surface area contributed by atoms with Crippen molar-refractivity contribution in [2.24, 2.45) is 0 Å². The molecule has 0 aromatic heterocycles. The van der Waals surface area contributed by atoms with E-state index in [1.54, 1.807) is 17.0 Å². The van der Waals surface area contributed by atoms with E-state index in [9.17, 15) is 23.3 Å². The van der Waals surface area contributed by atoms with Crippen LogP contribution in [-0.2, 0) is 22.8 Å². The normalized spacial score (nSPS) is 22.7. The zero-order valence-electron chi connectivity index (χ0n) is 15.9. The van der Waals surface area contributed by atoms with Gasteiger partial charge in [-0.05, 0) is 29.7 Å². The monoisotopic (exact) mass is 415 g/mol. The van der Waals surface area contributed by atoms with E-state index in [1.165, 1.54) is 17.0 Å². The molecule has 2 aliphatic rings. The van der Waals surface area contributed by atoms with Gasteiger partial charge in [-0.15, -0.1) is 0 Å². The molecule has 0 bridgehead atoms. The zero-order chi connectivity index (χ0) is 20.8. The Morgan fingerprint density at radius 2 is 1.76 bits per heavy atom. The van der Waals surface area contributed by atoms with Crippen LogP contribution >= 0.6 is 0 Å². The van der Waals surface area contributed by atoms with Gasteiger partial charge in [0.2, 0.25) is 0 Å². The van der Waals surface area contributed by atoms with E-state index in [4.69, 9.17) is 0 Å². The quantitative estimate of drug-likeness (QED) is 0.425. The van der Waals surface area contributed by atoms with Crippen molar-refractivity contribution in [2.45, 2.75) is 32.0 Å². The van der Waals surface area contributed by atoms with Crippen LogP contribution in [-0.4, -0.2) is 47.9 Å². The molecule has 29 heavy (non-hydrogen) atoms. The SMILES string of the molecule is CCc1ccc(N2C(=O)N(Cc3cccc([N+](=O)[O-])c3)[C@H]3CS(=O)(=O)C[C@@H]32)cc1. The predicted octanol–water partition coefficient (Wildman–Crippen LogP) is 2.77. The van der Waals surface area contributed by atoms with Crippen molar-refractivity contribution in [1.82, 2.24) is 4.90 Å². The highest BCUT2D eigenvalue weighted by atomic mass is 32.2. The van der Waals surface area contributed by atoms with Crippen LogP contribution in [0.5, 0.6) is 0 Å². The van der Waals surface area contributed by atoms with Gasteiger partial charge in [0.15, 0.2) is 9.84 Å². The molecule has 2 heterocycles. The lowest BCUT2D eigenvalue weighted by Crippen LogP contribution is -2.37. The highest BCUT2D eigenvalue weighted by Gasteiger charge is 2.53. The second kappa shape index (κ2) is 7.14. The van der Waals surface area contributed by atoms with Gasteiger partial charge in [0.1, 0.15) is 0 Å². The molecule has 2 fully saturated rings. The molecule has 0 aliphatic carbocycles. The fraction of sp³-hybridized carbons (Fsp3) is 0.350. The number of sulfone groups is 1. The number of nitro groups is 1. The van der Waals surface area contributed by atoms with Crippen LogP contribution < -0.4 is 4.90 Å². The van der Waals surface area contributed by atoms with E-state index >= 15 is 0 Å². The maximum Gasteiger partial charge on any atom is 0.325 e. The van der Waals surface area contributed by atoms with Crippen LogP contribution in [0.1, 0.15) is 18.1 Å². The number of hydrogen-bond donors (Lipinski definition) is 0. The van der Waals surface area contributed by atoms with Crippen LogP contribution in [0.2, 0.25) is 0 Å². The van der Waals surface area contributed by atoms with E-state index in [0.29, 0.717) is 11.3 Å². The molecule has 8 nitrogen and oxygen atoms in total. The van der Waals surface area contributed by atoms with Gasteiger partial charge in [-0.1, -0.05) is 31.2 Å². The first-order valence-electron chi connectivity index (χ1n) is 9.41. The van der Waals surface area contributed by atoms with Gasteiger partial charge in [-0.25, -0.2) is 13.2 Å². The average molecular weight is 415 g/mol. The van der Waals surface area contributed by atoms with E-state index in [0.717, 1.165) is 12.0 Å². The molecular formula is C20H21N3O5S. The Morgan fingerprint density at radius 1 is 1.07 bits per heavy atom. The average Bonchev–Trinajstić information content (AvgIpc) is 3.12. The van der Waals surface area contributed by atoms with Crippen molar-refractivity contribution in [3.63, 3.8) is 0 Å². The molecule has 2 saturated heterocycles. The Balaban J connectivity index is 1.68. The number of urea groups is 1. The van der Waals surface area contributed by atoms with Gasteiger partial charge in [0.05, 0.1) is 28.5 Å². The lowest BCUT2D eigenvalue weighted by molar-refractivity contribution is -0.384. The number of carbonyl (C=O) groups is 1. The minimum atomic E-state index is -3.27. The Morgan fingerprint density at radius 3 is 2.41 bits per heavy atom. The molecule has 2 aromatic rings. The fourth-order valence-electron chi connectivity index (χ4n) is 4.12. The van der Waals surface area contributed by atoms with Crippen LogP contribution in [0, 0.1) is 10.1 Å². The third-order valence-electron chi connectivity index (χ3n) is 5.57. The first kappa shape index (κ1) is 19.4. The Hall–Kier alpha value is -2.94. The maximum atomic E-state index is 13.2. The van der Waals surface area contributed by atoms with Crippen LogP contribution in [0.3, 0.4) is 0 Å². The van der Waals surface area contributed by atoms with Crippen molar-refractivity contribution in [3.8, 4) is 0 Å². The summed E-state index contributed by atoms with van der Waals surface area (Å²) in [4.78, 5) is 26.9. The lowest BCUT2D eigenvalue weighted by atomic mass is 10.1. The fourth-order valence-corrected chi connectivity index (χ4v) is 6.07. The summed E-state index contributed by atoms with van der Waals surface area (Å²) in [7, 11) is -3.27. The minimum Gasteiger partial charge on any atom is -0.314 e. The number of carbonyl (C=O) groups excluding carboxylic acids is 1. The second-order valence-corrected chi connectivity index (χ2v) is 9.59. The first-order valence-corrected chi connectivity index (χ1v) is 11.2. The second-order valence-electron chi connectivity index (χ2n) is 7.44. The molecule has 2 atom stereocenters. The number of non-ortho nitro benzene ring substituents is 1. The smallest absolute Gasteiger partial charge is 0.314 e. The van der Waals surface area contributed by atoms with Crippen LogP contribution in [0.15, 0.2) is 48.5 Å². The highest BCUT2D eigenvalue weighted by Crippen LogP contribution is 2.36. The number of aryl methyl sites for hydroxylation is 1. The number of amides is 2. The van der Waals surface area contributed by atoms with Crippen LogP contribution in [0.25, 0.3) is 0 Å². The molecule has 4 rings (SSSR count). The topological polar surface area (TPSA) is 101 Å². The van der Waals surface area contributed by atoms with Crippen molar-refractivity contribution in [2.75, 3.05) is 16.4 Å². The van der Waals surface area contributed by atoms with E-state index in [-0.39, 0.29) is 29.8 Å². The zero-order valence-corrected chi connectivity index (χ0v) is 16.7. The summed E-state index contributed by atoms with van der Waals surface area (Å²) in [6.07, 6.45) is 0.869. The maximum absolute atomic E-state index is 13.2. The summed E-state index contributed by atoms with van der Waals surface area (Å²) in [5.74, 6) is -0.174. The summed E-state index contributed by atoms with van der Waals surface area (Å²) < 4.78 is 24.6. The Bertz CT molecular complexity index is 1070. The molecule has 2 aliphatic heterocycles. The molecule has 0 unspecified atom stereocenters. The highest BCUT2D eigenvalue weighted by molar-refractivity contribution is 7.91. The van der Waals surface area contributed by atoms with E-state index < -0.39 is 26.8 Å². The molecule has 2 aromatic carbocycles. The molecule has 9 heteroatoms. The minimum absolute atomic E-state index is 0.0586. The molecule has 0 radical (unpaired) electrons. The van der Waals surface area contributed by atoms with Gasteiger partial charge in [0, 0.05) is 24.4 Å². The third-order valence-corrected chi connectivity index (χ3v) is 7.27. The number of hydrogen-bond acceptors (Lipinski definition) is 5. The van der Waals surface area contributed by atoms with Gasteiger partial charge < -0.3 is 4.90 Å². The largest absolute Gasteiger partial charge is 0.325 e. The first-order chi connectivity index (χ1) is 13.8.